The number of hydrogen-bond acceptors (Lipinski definition) is 2. The van der Waals surface area contributed by atoms with E-state index in [1.165, 1.54) is 12.8 Å². The van der Waals surface area contributed by atoms with E-state index in [9.17, 15) is 0 Å². The van der Waals surface area contributed by atoms with Gasteiger partial charge in [-0.2, -0.15) is 0 Å². The first-order valence-electron chi connectivity index (χ1n) is 5.55. The summed E-state index contributed by atoms with van der Waals surface area (Å²) in [7, 11) is 2.03. The molecule has 2 heteroatoms. The van der Waals surface area contributed by atoms with Crippen LogP contribution < -0.4 is 5.32 Å². The Balaban J connectivity index is 3.53. The molecule has 0 aliphatic carbocycles. The van der Waals surface area contributed by atoms with E-state index < -0.39 is 0 Å². The lowest BCUT2D eigenvalue weighted by atomic mass is 9.97. The van der Waals surface area contributed by atoms with E-state index in [1.54, 1.807) is 0 Å². The minimum Gasteiger partial charge on any atom is -0.499 e. The highest BCUT2D eigenvalue weighted by molar-refractivity contribution is 4.74. The minimum absolute atomic E-state index is 0.648. The van der Waals surface area contributed by atoms with Crippen LogP contribution in [-0.4, -0.2) is 19.7 Å². The fourth-order valence-electron chi connectivity index (χ4n) is 1.53. The summed E-state index contributed by atoms with van der Waals surface area (Å²) in [5.41, 5.74) is 0. The zero-order valence-corrected chi connectivity index (χ0v) is 10.1. The van der Waals surface area contributed by atoms with E-state index in [0.29, 0.717) is 12.0 Å². The van der Waals surface area contributed by atoms with Crippen LogP contribution in [0, 0.1) is 5.92 Å². The summed E-state index contributed by atoms with van der Waals surface area (Å²) >= 11 is 0. The molecule has 0 aromatic rings. The van der Waals surface area contributed by atoms with Crippen molar-refractivity contribution in [2.75, 3.05) is 13.7 Å². The van der Waals surface area contributed by atoms with Crippen LogP contribution in [0.15, 0.2) is 12.3 Å². The van der Waals surface area contributed by atoms with E-state index in [4.69, 9.17) is 4.74 Å². The maximum atomic E-state index is 5.35. The fourth-order valence-corrected chi connectivity index (χ4v) is 1.53. The molecule has 14 heavy (non-hydrogen) atoms. The third-order valence-electron chi connectivity index (χ3n) is 2.55. The molecule has 2 unspecified atom stereocenters. The van der Waals surface area contributed by atoms with Gasteiger partial charge in [-0.3, -0.25) is 0 Å². The van der Waals surface area contributed by atoms with Crippen LogP contribution in [-0.2, 0) is 4.74 Å². The second-order valence-corrected chi connectivity index (χ2v) is 4.07. The first kappa shape index (κ1) is 13.5. The summed E-state index contributed by atoms with van der Waals surface area (Å²) in [5.74, 6) is 1.53. The van der Waals surface area contributed by atoms with Crippen molar-refractivity contribution in [1.29, 1.82) is 0 Å². The summed E-state index contributed by atoms with van der Waals surface area (Å²) in [6.07, 6.45) is 3.54. The van der Waals surface area contributed by atoms with Crippen molar-refractivity contribution in [3.05, 3.63) is 12.3 Å². The van der Waals surface area contributed by atoms with Crippen LogP contribution in [0.3, 0.4) is 0 Å². The Hall–Kier alpha value is -0.500. The first-order chi connectivity index (χ1) is 6.60. The minimum atomic E-state index is 0.648. The molecule has 0 aromatic carbocycles. The van der Waals surface area contributed by atoms with Gasteiger partial charge in [-0.1, -0.05) is 20.4 Å². The third kappa shape index (κ3) is 6.96. The van der Waals surface area contributed by atoms with E-state index in [0.717, 1.165) is 18.8 Å². The Kier molecular flexibility index (Phi) is 7.58. The Morgan fingerprint density at radius 1 is 1.50 bits per heavy atom. The van der Waals surface area contributed by atoms with Crippen LogP contribution in [0.25, 0.3) is 0 Å². The molecule has 0 fully saturated rings. The van der Waals surface area contributed by atoms with Gasteiger partial charge in [0.15, 0.2) is 0 Å². The molecule has 0 spiro atoms. The fraction of sp³-hybridized carbons (Fsp3) is 0.833. The number of ether oxygens (including phenoxy) is 1. The van der Waals surface area contributed by atoms with Gasteiger partial charge >= 0.3 is 0 Å². The summed E-state index contributed by atoms with van der Waals surface area (Å²) < 4.78 is 5.35. The predicted molar refractivity (Wildman–Crippen MR) is 62.3 cm³/mol. The lowest BCUT2D eigenvalue weighted by Gasteiger charge is -2.19. The SMILES string of the molecule is C=C(C)OCCC(C)CC(CC)NC. The molecule has 0 heterocycles. The van der Waals surface area contributed by atoms with Gasteiger partial charge in [0.05, 0.1) is 12.4 Å². The zero-order chi connectivity index (χ0) is 11.0. The molecule has 0 radical (unpaired) electrons. The summed E-state index contributed by atoms with van der Waals surface area (Å²) in [6, 6.07) is 0.648. The number of nitrogens with one attached hydrogen (secondary N) is 1. The second kappa shape index (κ2) is 7.86. The molecule has 0 bridgehead atoms. The standard InChI is InChI=1S/C12H25NO/c1-6-12(13-5)9-11(4)7-8-14-10(2)3/h11-13H,2,6-9H2,1,3-5H3. The highest BCUT2D eigenvalue weighted by atomic mass is 16.5. The van der Waals surface area contributed by atoms with Crippen LogP contribution in [0.1, 0.15) is 40.0 Å². The van der Waals surface area contributed by atoms with Gasteiger partial charge in [0.2, 0.25) is 0 Å². The van der Waals surface area contributed by atoms with Gasteiger partial charge in [0, 0.05) is 6.04 Å². The van der Waals surface area contributed by atoms with E-state index >= 15 is 0 Å². The van der Waals surface area contributed by atoms with Crippen molar-refractivity contribution in [3.63, 3.8) is 0 Å². The summed E-state index contributed by atoms with van der Waals surface area (Å²) in [6.45, 7) is 10.9. The molecule has 2 nitrogen and oxygen atoms in total. The van der Waals surface area contributed by atoms with Gasteiger partial charge < -0.3 is 10.1 Å². The molecule has 0 amide bonds. The maximum Gasteiger partial charge on any atom is 0.0879 e. The van der Waals surface area contributed by atoms with Gasteiger partial charge in [-0.25, -0.2) is 0 Å². The molecule has 0 rings (SSSR count). The second-order valence-electron chi connectivity index (χ2n) is 4.07. The lowest BCUT2D eigenvalue weighted by molar-refractivity contribution is 0.190. The van der Waals surface area contributed by atoms with Crippen LogP contribution in [0.5, 0.6) is 0 Å². The molecule has 0 aliphatic heterocycles. The van der Waals surface area contributed by atoms with Crippen molar-refractivity contribution < 1.29 is 4.74 Å². The average molecular weight is 199 g/mol. The van der Waals surface area contributed by atoms with Gasteiger partial charge in [-0.05, 0) is 39.2 Å². The Bertz CT molecular complexity index is 152. The zero-order valence-electron chi connectivity index (χ0n) is 10.1. The Morgan fingerprint density at radius 2 is 2.14 bits per heavy atom. The quantitative estimate of drug-likeness (QED) is 0.607. The normalized spacial score (nSPS) is 14.9. The first-order valence-corrected chi connectivity index (χ1v) is 5.55. The molecule has 2 atom stereocenters. The Labute approximate surface area is 88.7 Å². The third-order valence-corrected chi connectivity index (χ3v) is 2.55. The lowest BCUT2D eigenvalue weighted by Crippen LogP contribution is -2.26. The monoisotopic (exact) mass is 199 g/mol. The number of rotatable bonds is 8. The summed E-state index contributed by atoms with van der Waals surface area (Å²) in [5, 5.41) is 3.32. The summed E-state index contributed by atoms with van der Waals surface area (Å²) in [4.78, 5) is 0. The molecule has 1 N–H and O–H groups in total. The molecule has 0 saturated carbocycles. The molecular formula is C12H25NO. The van der Waals surface area contributed by atoms with Crippen molar-refractivity contribution >= 4 is 0 Å². The molecule has 0 saturated heterocycles. The number of hydrogen-bond donors (Lipinski definition) is 1. The average Bonchev–Trinajstić information content (AvgIpc) is 2.13. The number of allylic oxidation sites excluding steroid dienone is 1. The highest BCUT2D eigenvalue weighted by Gasteiger charge is 2.09. The van der Waals surface area contributed by atoms with Crippen molar-refractivity contribution in [1.82, 2.24) is 5.32 Å². The predicted octanol–water partition coefficient (Wildman–Crippen LogP) is 2.95. The van der Waals surface area contributed by atoms with Crippen LogP contribution >= 0.6 is 0 Å². The van der Waals surface area contributed by atoms with Crippen molar-refractivity contribution in [3.8, 4) is 0 Å². The van der Waals surface area contributed by atoms with Crippen LogP contribution in [0.4, 0.5) is 0 Å². The molecule has 0 aliphatic rings. The molecule has 0 aromatic heterocycles. The Morgan fingerprint density at radius 3 is 2.57 bits per heavy atom. The topological polar surface area (TPSA) is 21.3 Å². The molecule has 84 valence electrons. The van der Waals surface area contributed by atoms with Crippen LogP contribution in [0.2, 0.25) is 0 Å². The maximum absolute atomic E-state index is 5.35. The smallest absolute Gasteiger partial charge is 0.0879 e. The largest absolute Gasteiger partial charge is 0.499 e. The van der Waals surface area contributed by atoms with Crippen molar-refractivity contribution in [2.45, 2.75) is 46.1 Å². The van der Waals surface area contributed by atoms with Crippen molar-refractivity contribution in [2.24, 2.45) is 5.92 Å². The van der Waals surface area contributed by atoms with E-state index in [1.807, 2.05) is 14.0 Å². The van der Waals surface area contributed by atoms with E-state index in [-0.39, 0.29) is 0 Å². The van der Waals surface area contributed by atoms with Gasteiger partial charge in [-0.15, -0.1) is 0 Å². The molecular weight excluding hydrogens is 174 g/mol. The van der Waals surface area contributed by atoms with E-state index in [2.05, 4.69) is 25.7 Å². The van der Waals surface area contributed by atoms with Gasteiger partial charge in [0.25, 0.3) is 0 Å². The van der Waals surface area contributed by atoms with Gasteiger partial charge in [0.1, 0.15) is 0 Å². The highest BCUT2D eigenvalue weighted by Crippen LogP contribution is 2.12.